The van der Waals surface area contributed by atoms with Gasteiger partial charge in [0.05, 0.1) is 10.6 Å². The van der Waals surface area contributed by atoms with Crippen LogP contribution in [0.3, 0.4) is 0 Å². The molecule has 10 heteroatoms. The highest BCUT2D eigenvalue weighted by molar-refractivity contribution is 6.45. The van der Waals surface area contributed by atoms with E-state index in [2.05, 4.69) is 9.47 Å². The molecule has 0 saturated carbocycles. The number of halogens is 5. The SMILES string of the molecule is O=C(O)C(=O)c1cc2c(cc1Cl)OC(F)(F)C(F)(F)O2. The third-order valence-corrected chi connectivity index (χ3v) is 2.60. The van der Waals surface area contributed by atoms with Crippen molar-refractivity contribution in [2.24, 2.45) is 0 Å². The van der Waals surface area contributed by atoms with Gasteiger partial charge in [-0.25, -0.2) is 4.79 Å². The normalized spacial score (nSPS) is 18.4. The Morgan fingerprint density at radius 2 is 1.50 bits per heavy atom. The lowest BCUT2D eigenvalue weighted by Gasteiger charge is -2.32. The fourth-order valence-electron chi connectivity index (χ4n) is 1.38. The van der Waals surface area contributed by atoms with Crippen LogP contribution < -0.4 is 9.47 Å². The third-order valence-electron chi connectivity index (χ3n) is 2.29. The van der Waals surface area contributed by atoms with E-state index in [0.29, 0.717) is 12.1 Å². The molecule has 0 fully saturated rings. The summed E-state index contributed by atoms with van der Waals surface area (Å²) in [7, 11) is 0. The first kappa shape index (κ1) is 14.4. The molecule has 1 N–H and O–H groups in total. The summed E-state index contributed by atoms with van der Waals surface area (Å²) in [5.74, 6) is -5.18. The van der Waals surface area contributed by atoms with Gasteiger partial charge < -0.3 is 14.6 Å². The molecular formula is C10H3ClF4O5. The first-order valence-corrected chi connectivity index (χ1v) is 5.18. The zero-order chi connectivity index (χ0) is 15.3. The minimum absolute atomic E-state index is 0.497. The van der Waals surface area contributed by atoms with E-state index in [1.807, 2.05) is 0 Å². The number of alkyl halides is 4. The van der Waals surface area contributed by atoms with Gasteiger partial charge in [-0.1, -0.05) is 11.6 Å². The Morgan fingerprint density at radius 1 is 1.05 bits per heavy atom. The number of aliphatic carboxylic acids is 1. The van der Waals surface area contributed by atoms with Crippen molar-refractivity contribution in [3.8, 4) is 11.5 Å². The average Bonchev–Trinajstić information content (AvgIpc) is 2.29. The third kappa shape index (κ3) is 2.13. The van der Waals surface area contributed by atoms with Crippen molar-refractivity contribution in [1.82, 2.24) is 0 Å². The van der Waals surface area contributed by atoms with E-state index in [4.69, 9.17) is 16.7 Å². The van der Waals surface area contributed by atoms with E-state index < -0.39 is 46.1 Å². The second kappa shape index (κ2) is 4.23. The smallest absolute Gasteiger partial charge is 0.475 e. The number of carboxylic acid groups (broad SMARTS) is 1. The van der Waals surface area contributed by atoms with Gasteiger partial charge in [0, 0.05) is 6.07 Å². The van der Waals surface area contributed by atoms with Gasteiger partial charge in [0.2, 0.25) is 0 Å². The van der Waals surface area contributed by atoms with Crippen molar-refractivity contribution in [3.05, 3.63) is 22.7 Å². The number of carboxylic acids is 1. The molecule has 1 aromatic rings. The molecule has 1 aromatic carbocycles. The number of hydrogen-bond acceptors (Lipinski definition) is 4. The summed E-state index contributed by atoms with van der Waals surface area (Å²) in [5.41, 5.74) is -0.692. The van der Waals surface area contributed by atoms with E-state index in [1.165, 1.54) is 0 Å². The molecule has 5 nitrogen and oxygen atoms in total. The van der Waals surface area contributed by atoms with Crippen LogP contribution in [0.5, 0.6) is 11.5 Å². The molecule has 1 aliphatic heterocycles. The van der Waals surface area contributed by atoms with E-state index in [9.17, 15) is 27.2 Å². The molecule has 1 heterocycles. The molecule has 0 aromatic heterocycles. The monoisotopic (exact) mass is 314 g/mol. The van der Waals surface area contributed by atoms with Gasteiger partial charge in [0.1, 0.15) is 0 Å². The lowest BCUT2D eigenvalue weighted by Crippen LogP contribution is -2.52. The number of carbonyl (C=O) groups is 2. The summed E-state index contributed by atoms with van der Waals surface area (Å²) in [6, 6.07) is 1.09. The van der Waals surface area contributed by atoms with Gasteiger partial charge in [-0.15, -0.1) is 0 Å². The van der Waals surface area contributed by atoms with Crippen LogP contribution in [0.4, 0.5) is 17.6 Å². The maximum absolute atomic E-state index is 12.9. The quantitative estimate of drug-likeness (QED) is 0.516. The molecule has 0 amide bonds. The van der Waals surface area contributed by atoms with Gasteiger partial charge in [0.15, 0.2) is 11.5 Å². The molecule has 0 radical (unpaired) electrons. The molecular weight excluding hydrogens is 312 g/mol. The summed E-state index contributed by atoms with van der Waals surface area (Å²) in [4.78, 5) is 21.7. The van der Waals surface area contributed by atoms with Crippen LogP contribution >= 0.6 is 11.6 Å². The largest absolute Gasteiger partial charge is 0.507 e. The van der Waals surface area contributed by atoms with Crippen molar-refractivity contribution < 1.29 is 41.7 Å². The molecule has 0 unspecified atom stereocenters. The van der Waals surface area contributed by atoms with Crippen LogP contribution in [0.15, 0.2) is 12.1 Å². The van der Waals surface area contributed by atoms with Crippen molar-refractivity contribution in [1.29, 1.82) is 0 Å². The van der Waals surface area contributed by atoms with Crippen LogP contribution in [0.1, 0.15) is 10.4 Å². The number of Topliss-reactive ketones (excluding diaryl/α,β-unsaturated/α-hetero) is 1. The number of benzene rings is 1. The summed E-state index contributed by atoms with van der Waals surface area (Å²) < 4.78 is 59.1. The standard InChI is InChI=1S/C10H3ClF4O5/c11-4-2-6-5(1-3(4)7(16)8(17)18)19-9(12,13)10(14,15)20-6/h1-2H,(H,17,18). The molecule has 2 rings (SSSR count). The number of fused-ring (bicyclic) bond motifs is 1. The summed E-state index contributed by atoms with van der Waals surface area (Å²) in [6.45, 7) is 0. The van der Waals surface area contributed by atoms with Crippen LogP contribution in [-0.4, -0.2) is 29.1 Å². The van der Waals surface area contributed by atoms with Crippen molar-refractivity contribution >= 4 is 23.4 Å². The summed E-state index contributed by atoms with van der Waals surface area (Å²) in [6.07, 6.45) is -9.90. The van der Waals surface area contributed by atoms with Crippen LogP contribution in [-0.2, 0) is 4.79 Å². The topological polar surface area (TPSA) is 72.8 Å². The number of rotatable bonds is 2. The second-order valence-corrected chi connectivity index (χ2v) is 4.06. The maximum Gasteiger partial charge on any atom is 0.507 e. The van der Waals surface area contributed by atoms with E-state index in [-0.39, 0.29) is 0 Å². The Bertz CT molecular complexity index is 616. The van der Waals surface area contributed by atoms with Crippen molar-refractivity contribution in [3.63, 3.8) is 0 Å². The molecule has 0 atom stereocenters. The minimum atomic E-state index is -4.97. The Kier molecular flexibility index (Phi) is 3.04. The Morgan fingerprint density at radius 3 is 1.95 bits per heavy atom. The lowest BCUT2D eigenvalue weighted by molar-refractivity contribution is -0.391. The predicted octanol–water partition coefficient (Wildman–Crippen LogP) is 2.56. The van der Waals surface area contributed by atoms with Gasteiger partial charge in [-0.3, -0.25) is 4.79 Å². The van der Waals surface area contributed by atoms with Crippen LogP contribution in [0.2, 0.25) is 5.02 Å². The highest BCUT2D eigenvalue weighted by atomic mass is 35.5. The maximum atomic E-state index is 12.9. The zero-order valence-corrected chi connectivity index (χ0v) is 9.88. The molecule has 0 spiro atoms. The van der Waals surface area contributed by atoms with Gasteiger partial charge in [-0.05, 0) is 6.07 Å². The summed E-state index contributed by atoms with van der Waals surface area (Å²) >= 11 is 5.51. The molecule has 108 valence electrons. The predicted molar refractivity (Wildman–Crippen MR) is 54.6 cm³/mol. The first-order chi connectivity index (χ1) is 9.05. The highest BCUT2D eigenvalue weighted by Crippen LogP contribution is 2.48. The number of ether oxygens (including phenoxy) is 2. The van der Waals surface area contributed by atoms with Gasteiger partial charge in [0.25, 0.3) is 5.78 Å². The molecule has 0 aliphatic carbocycles. The zero-order valence-electron chi connectivity index (χ0n) is 9.12. The van der Waals surface area contributed by atoms with E-state index in [0.717, 1.165) is 0 Å². The van der Waals surface area contributed by atoms with Crippen LogP contribution in [0, 0.1) is 0 Å². The van der Waals surface area contributed by atoms with Gasteiger partial charge >= 0.3 is 18.2 Å². The molecule has 0 bridgehead atoms. The first-order valence-electron chi connectivity index (χ1n) is 4.80. The molecule has 0 saturated heterocycles. The average molecular weight is 315 g/mol. The van der Waals surface area contributed by atoms with E-state index >= 15 is 0 Å². The Hall–Kier alpha value is -2.03. The van der Waals surface area contributed by atoms with Crippen molar-refractivity contribution in [2.45, 2.75) is 12.2 Å². The van der Waals surface area contributed by atoms with E-state index in [1.54, 1.807) is 0 Å². The fourth-order valence-corrected chi connectivity index (χ4v) is 1.62. The fraction of sp³-hybridized carbons (Fsp3) is 0.200. The lowest BCUT2D eigenvalue weighted by atomic mass is 10.1. The number of hydrogen-bond donors (Lipinski definition) is 1. The number of carbonyl (C=O) groups excluding carboxylic acids is 1. The van der Waals surface area contributed by atoms with Crippen molar-refractivity contribution in [2.75, 3.05) is 0 Å². The second-order valence-electron chi connectivity index (χ2n) is 3.65. The Labute approximate surface area is 112 Å². The molecule has 1 aliphatic rings. The van der Waals surface area contributed by atoms with Gasteiger partial charge in [-0.2, -0.15) is 17.6 Å². The number of ketones is 1. The Balaban J connectivity index is 2.53. The highest BCUT2D eigenvalue weighted by Gasteiger charge is 2.66. The summed E-state index contributed by atoms with van der Waals surface area (Å²) in [5, 5.41) is 7.95. The molecule has 20 heavy (non-hydrogen) atoms. The minimum Gasteiger partial charge on any atom is -0.475 e. The van der Waals surface area contributed by atoms with Crippen LogP contribution in [0.25, 0.3) is 0 Å².